The molecule has 0 fully saturated rings. The van der Waals surface area contributed by atoms with Crippen LogP contribution in [0.1, 0.15) is 44.7 Å². The molecular weight excluding hydrogens is 240 g/mol. The van der Waals surface area contributed by atoms with Gasteiger partial charge < -0.3 is 10.4 Å². The zero-order valence-electron chi connectivity index (χ0n) is 11.6. The zero-order valence-corrected chi connectivity index (χ0v) is 11.6. The third-order valence-electron chi connectivity index (χ3n) is 2.96. The van der Waals surface area contributed by atoms with Crippen LogP contribution in [-0.2, 0) is 11.2 Å². The largest absolute Gasteiger partial charge is 0.393 e. The SMILES string of the molecule is CC(O)CCCCCC(=O)NCCc1ccccn1. The first-order valence-electron chi connectivity index (χ1n) is 7.03. The van der Waals surface area contributed by atoms with Crippen molar-refractivity contribution >= 4 is 5.91 Å². The second kappa shape index (κ2) is 9.50. The van der Waals surface area contributed by atoms with Gasteiger partial charge in [0.2, 0.25) is 5.91 Å². The van der Waals surface area contributed by atoms with Gasteiger partial charge in [-0.1, -0.05) is 18.9 Å². The van der Waals surface area contributed by atoms with Crippen molar-refractivity contribution in [2.24, 2.45) is 0 Å². The number of aliphatic hydroxyl groups is 1. The predicted molar refractivity (Wildman–Crippen MR) is 75.7 cm³/mol. The lowest BCUT2D eigenvalue weighted by atomic mass is 10.1. The van der Waals surface area contributed by atoms with E-state index in [0.717, 1.165) is 37.8 Å². The number of hydrogen-bond acceptors (Lipinski definition) is 3. The van der Waals surface area contributed by atoms with E-state index in [-0.39, 0.29) is 12.0 Å². The van der Waals surface area contributed by atoms with Crippen molar-refractivity contribution in [2.45, 2.75) is 51.6 Å². The molecule has 1 aromatic heterocycles. The second-order valence-corrected chi connectivity index (χ2v) is 4.87. The van der Waals surface area contributed by atoms with Crippen LogP contribution in [0.4, 0.5) is 0 Å². The van der Waals surface area contributed by atoms with Crippen LogP contribution in [0.2, 0.25) is 0 Å². The predicted octanol–water partition coefficient (Wildman–Crippen LogP) is 2.07. The third kappa shape index (κ3) is 8.32. The quantitative estimate of drug-likeness (QED) is 0.671. The fraction of sp³-hybridized carbons (Fsp3) is 0.600. The highest BCUT2D eigenvalue weighted by molar-refractivity contribution is 5.75. The lowest BCUT2D eigenvalue weighted by Crippen LogP contribution is -2.25. The molecule has 1 aromatic rings. The van der Waals surface area contributed by atoms with Crippen molar-refractivity contribution in [1.82, 2.24) is 10.3 Å². The number of nitrogens with one attached hydrogen (secondary N) is 1. The molecule has 0 aliphatic carbocycles. The molecule has 0 aromatic carbocycles. The molecule has 4 heteroatoms. The molecule has 0 bridgehead atoms. The van der Waals surface area contributed by atoms with Crippen molar-refractivity contribution in [3.05, 3.63) is 30.1 Å². The topological polar surface area (TPSA) is 62.2 Å². The number of carbonyl (C=O) groups excluding carboxylic acids is 1. The maximum atomic E-state index is 11.5. The van der Waals surface area contributed by atoms with Gasteiger partial charge in [-0.2, -0.15) is 0 Å². The van der Waals surface area contributed by atoms with E-state index in [1.165, 1.54) is 0 Å². The maximum Gasteiger partial charge on any atom is 0.220 e. The van der Waals surface area contributed by atoms with Crippen LogP contribution >= 0.6 is 0 Å². The van der Waals surface area contributed by atoms with Gasteiger partial charge >= 0.3 is 0 Å². The average molecular weight is 264 g/mol. The van der Waals surface area contributed by atoms with Crippen LogP contribution in [0, 0.1) is 0 Å². The Morgan fingerprint density at radius 3 is 2.89 bits per heavy atom. The van der Waals surface area contributed by atoms with E-state index in [1.54, 1.807) is 13.1 Å². The van der Waals surface area contributed by atoms with Gasteiger partial charge in [0.1, 0.15) is 0 Å². The summed E-state index contributed by atoms with van der Waals surface area (Å²) in [6, 6.07) is 5.80. The standard InChI is InChI=1S/C15H24N2O2/c1-13(18)7-3-2-4-9-15(19)17-12-10-14-8-5-6-11-16-14/h5-6,8,11,13,18H,2-4,7,9-10,12H2,1H3,(H,17,19). The molecule has 0 saturated heterocycles. The molecule has 1 heterocycles. The summed E-state index contributed by atoms with van der Waals surface area (Å²) in [4.78, 5) is 15.8. The zero-order chi connectivity index (χ0) is 13.9. The number of aromatic nitrogens is 1. The van der Waals surface area contributed by atoms with Crippen molar-refractivity contribution in [3.8, 4) is 0 Å². The lowest BCUT2D eigenvalue weighted by molar-refractivity contribution is -0.121. The summed E-state index contributed by atoms with van der Waals surface area (Å²) in [7, 11) is 0. The molecule has 106 valence electrons. The molecule has 1 amide bonds. The first kappa shape index (κ1) is 15.6. The third-order valence-corrected chi connectivity index (χ3v) is 2.96. The monoisotopic (exact) mass is 264 g/mol. The molecule has 1 rings (SSSR count). The van der Waals surface area contributed by atoms with Crippen LogP contribution in [0.3, 0.4) is 0 Å². The molecule has 0 aliphatic rings. The first-order chi connectivity index (χ1) is 9.18. The van der Waals surface area contributed by atoms with Crippen LogP contribution in [0.15, 0.2) is 24.4 Å². The Morgan fingerprint density at radius 2 is 2.21 bits per heavy atom. The number of nitrogens with zero attached hydrogens (tertiary/aromatic N) is 1. The molecule has 4 nitrogen and oxygen atoms in total. The highest BCUT2D eigenvalue weighted by Crippen LogP contribution is 2.05. The molecule has 0 aliphatic heterocycles. The van der Waals surface area contributed by atoms with Crippen molar-refractivity contribution in [2.75, 3.05) is 6.54 Å². The number of pyridine rings is 1. The fourth-order valence-electron chi connectivity index (χ4n) is 1.87. The Kier molecular flexibility index (Phi) is 7.82. The van der Waals surface area contributed by atoms with Gasteiger partial charge in [0, 0.05) is 31.3 Å². The molecule has 19 heavy (non-hydrogen) atoms. The number of hydrogen-bond donors (Lipinski definition) is 2. The minimum atomic E-state index is -0.229. The Labute approximate surface area is 115 Å². The molecule has 1 atom stereocenters. The molecule has 1 unspecified atom stereocenters. The smallest absolute Gasteiger partial charge is 0.220 e. The van der Waals surface area contributed by atoms with E-state index in [4.69, 9.17) is 5.11 Å². The van der Waals surface area contributed by atoms with Gasteiger partial charge in [-0.15, -0.1) is 0 Å². The minimum absolute atomic E-state index is 0.105. The van der Waals surface area contributed by atoms with Gasteiger partial charge in [-0.25, -0.2) is 0 Å². The van der Waals surface area contributed by atoms with E-state index in [0.29, 0.717) is 13.0 Å². The van der Waals surface area contributed by atoms with E-state index >= 15 is 0 Å². The average Bonchev–Trinajstić information content (AvgIpc) is 2.39. The van der Waals surface area contributed by atoms with Crippen LogP contribution in [0.5, 0.6) is 0 Å². The van der Waals surface area contributed by atoms with Gasteiger partial charge in [0.25, 0.3) is 0 Å². The van der Waals surface area contributed by atoms with Crippen molar-refractivity contribution in [1.29, 1.82) is 0 Å². The molecule has 0 spiro atoms. The van der Waals surface area contributed by atoms with E-state index in [9.17, 15) is 4.79 Å². The van der Waals surface area contributed by atoms with Gasteiger partial charge in [-0.05, 0) is 31.9 Å². The van der Waals surface area contributed by atoms with Crippen molar-refractivity contribution in [3.63, 3.8) is 0 Å². The molecule has 0 radical (unpaired) electrons. The number of unbranched alkanes of at least 4 members (excludes halogenated alkanes) is 2. The molecular formula is C15H24N2O2. The summed E-state index contributed by atoms with van der Waals surface area (Å²) in [5.41, 5.74) is 1.000. The van der Waals surface area contributed by atoms with Crippen molar-refractivity contribution < 1.29 is 9.90 Å². The summed E-state index contributed by atoms with van der Waals surface area (Å²) in [5, 5.41) is 12.0. The maximum absolute atomic E-state index is 11.5. The Morgan fingerprint density at radius 1 is 1.37 bits per heavy atom. The van der Waals surface area contributed by atoms with Crippen LogP contribution in [0.25, 0.3) is 0 Å². The van der Waals surface area contributed by atoms with E-state index in [2.05, 4.69) is 10.3 Å². The second-order valence-electron chi connectivity index (χ2n) is 4.87. The summed E-state index contributed by atoms with van der Waals surface area (Å²) < 4.78 is 0. The highest BCUT2D eigenvalue weighted by atomic mass is 16.3. The normalized spacial score (nSPS) is 12.1. The van der Waals surface area contributed by atoms with Crippen LogP contribution in [-0.4, -0.2) is 28.6 Å². The summed E-state index contributed by atoms with van der Waals surface area (Å²) in [6.07, 6.45) is 6.57. The highest BCUT2D eigenvalue weighted by Gasteiger charge is 2.02. The Balaban J connectivity index is 1.99. The fourth-order valence-corrected chi connectivity index (χ4v) is 1.87. The Hall–Kier alpha value is -1.42. The molecule has 2 N–H and O–H groups in total. The van der Waals surface area contributed by atoms with Gasteiger partial charge in [-0.3, -0.25) is 9.78 Å². The number of rotatable bonds is 9. The summed E-state index contributed by atoms with van der Waals surface area (Å²) in [5.74, 6) is 0.105. The first-order valence-corrected chi connectivity index (χ1v) is 7.03. The number of carbonyl (C=O) groups is 1. The number of amides is 1. The van der Waals surface area contributed by atoms with Gasteiger partial charge in [0.05, 0.1) is 6.10 Å². The Bertz CT molecular complexity index is 352. The van der Waals surface area contributed by atoms with E-state index in [1.807, 2.05) is 18.2 Å². The minimum Gasteiger partial charge on any atom is -0.393 e. The lowest BCUT2D eigenvalue weighted by Gasteiger charge is -2.06. The summed E-state index contributed by atoms with van der Waals surface area (Å²) in [6.45, 7) is 2.44. The van der Waals surface area contributed by atoms with Crippen LogP contribution < -0.4 is 5.32 Å². The van der Waals surface area contributed by atoms with Gasteiger partial charge in [0.15, 0.2) is 0 Å². The van der Waals surface area contributed by atoms with E-state index < -0.39 is 0 Å². The number of aliphatic hydroxyl groups excluding tert-OH is 1. The summed E-state index contributed by atoms with van der Waals surface area (Å²) >= 11 is 0. The molecule has 0 saturated carbocycles.